The Labute approximate surface area is 127 Å². The Hall–Kier alpha value is -1.11. The van der Waals surface area contributed by atoms with E-state index < -0.39 is 10.2 Å². The van der Waals surface area contributed by atoms with Gasteiger partial charge in [0.25, 0.3) is 10.2 Å². The molecule has 0 unspecified atom stereocenters. The van der Waals surface area contributed by atoms with Gasteiger partial charge in [0, 0.05) is 31.9 Å². The highest BCUT2D eigenvalue weighted by atomic mass is 32.2. The number of rotatable bonds is 5. The molecular weight excluding hydrogens is 286 g/mol. The average Bonchev–Trinajstić information content (AvgIpc) is 2.76. The number of anilines is 1. The molecule has 0 aromatic heterocycles. The van der Waals surface area contributed by atoms with Gasteiger partial charge in [-0.25, -0.2) is 0 Å². The summed E-state index contributed by atoms with van der Waals surface area (Å²) in [5, 5.41) is 0. The summed E-state index contributed by atoms with van der Waals surface area (Å²) in [6.45, 7) is 4.03. The molecule has 1 aliphatic rings. The van der Waals surface area contributed by atoms with E-state index in [1.165, 1.54) is 0 Å². The molecule has 0 bridgehead atoms. The minimum Gasteiger partial charge on any atom is -0.399 e. The number of nitrogens with two attached hydrogens (primary N) is 1. The van der Waals surface area contributed by atoms with E-state index in [9.17, 15) is 8.42 Å². The summed E-state index contributed by atoms with van der Waals surface area (Å²) in [7, 11) is -3.37. The van der Waals surface area contributed by atoms with Crippen LogP contribution in [0.2, 0.25) is 0 Å². The predicted octanol–water partition coefficient (Wildman–Crippen LogP) is 2.21. The van der Waals surface area contributed by atoms with E-state index in [0.717, 1.165) is 31.2 Å². The minimum atomic E-state index is -3.37. The molecule has 0 amide bonds. The standard InChI is InChI=1S/C15H25N3O2S/c1-2-17(13-14-7-9-15(16)10-8-14)21(19,20)18-11-5-3-4-6-12-18/h7-10H,2-6,11-13,16H2,1H3. The highest BCUT2D eigenvalue weighted by Gasteiger charge is 2.28. The SMILES string of the molecule is CCN(Cc1ccc(N)cc1)S(=O)(=O)N1CCCCCC1. The number of nitrogens with zero attached hydrogens (tertiary/aromatic N) is 2. The smallest absolute Gasteiger partial charge is 0.282 e. The van der Waals surface area contributed by atoms with Crippen molar-refractivity contribution in [3.8, 4) is 0 Å². The third-order valence-electron chi connectivity index (χ3n) is 3.91. The van der Waals surface area contributed by atoms with Crippen LogP contribution in [0.1, 0.15) is 38.2 Å². The van der Waals surface area contributed by atoms with Crippen molar-refractivity contribution in [1.29, 1.82) is 0 Å². The molecule has 0 aliphatic carbocycles. The van der Waals surface area contributed by atoms with Gasteiger partial charge < -0.3 is 5.73 Å². The van der Waals surface area contributed by atoms with Crippen LogP contribution in [0.4, 0.5) is 5.69 Å². The monoisotopic (exact) mass is 311 g/mol. The molecule has 2 N–H and O–H groups in total. The summed E-state index contributed by atoms with van der Waals surface area (Å²) in [6, 6.07) is 7.38. The zero-order valence-corrected chi connectivity index (χ0v) is 13.5. The maximum absolute atomic E-state index is 12.8. The fraction of sp³-hybridized carbons (Fsp3) is 0.600. The first-order valence-electron chi connectivity index (χ1n) is 7.63. The topological polar surface area (TPSA) is 66.6 Å². The molecule has 1 saturated heterocycles. The van der Waals surface area contributed by atoms with Crippen molar-refractivity contribution in [2.75, 3.05) is 25.4 Å². The van der Waals surface area contributed by atoms with Crippen LogP contribution in [-0.2, 0) is 16.8 Å². The van der Waals surface area contributed by atoms with E-state index in [0.29, 0.717) is 31.9 Å². The van der Waals surface area contributed by atoms with Crippen molar-refractivity contribution in [2.45, 2.75) is 39.2 Å². The third-order valence-corrected chi connectivity index (χ3v) is 5.97. The van der Waals surface area contributed by atoms with Crippen LogP contribution in [0.3, 0.4) is 0 Å². The van der Waals surface area contributed by atoms with Gasteiger partial charge in [0.05, 0.1) is 0 Å². The molecular formula is C15H25N3O2S. The van der Waals surface area contributed by atoms with Crippen molar-refractivity contribution in [1.82, 2.24) is 8.61 Å². The second-order valence-corrected chi connectivity index (χ2v) is 7.42. The lowest BCUT2D eigenvalue weighted by Gasteiger charge is -2.28. The Morgan fingerprint density at radius 3 is 2.19 bits per heavy atom. The third kappa shape index (κ3) is 4.18. The molecule has 1 aromatic rings. The number of hydrogen-bond acceptors (Lipinski definition) is 3. The van der Waals surface area contributed by atoms with Crippen LogP contribution in [0.25, 0.3) is 0 Å². The summed E-state index contributed by atoms with van der Waals surface area (Å²) < 4.78 is 28.7. The molecule has 1 heterocycles. The van der Waals surface area contributed by atoms with Crippen LogP contribution in [0, 0.1) is 0 Å². The summed E-state index contributed by atoms with van der Waals surface area (Å²) in [4.78, 5) is 0. The quantitative estimate of drug-likeness (QED) is 0.848. The van der Waals surface area contributed by atoms with Gasteiger partial charge in [-0.1, -0.05) is 31.9 Å². The molecule has 5 nitrogen and oxygen atoms in total. The molecule has 2 rings (SSSR count). The zero-order valence-electron chi connectivity index (χ0n) is 12.7. The Morgan fingerprint density at radius 2 is 1.67 bits per heavy atom. The van der Waals surface area contributed by atoms with Crippen molar-refractivity contribution >= 4 is 15.9 Å². The van der Waals surface area contributed by atoms with Crippen LogP contribution in [0.5, 0.6) is 0 Å². The fourth-order valence-electron chi connectivity index (χ4n) is 2.62. The van der Waals surface area contributed by atoms with Gasteiger partial charge in [-0.2, -0.15) is 17.0 Å². The Bertz CT molecular complexity index is 535. The average molecular weight is 311 g/mol. The lowest BCUT2D eigenvalue weighted by Crippen LogP contribution is -2.43. The molecule has 0 radical (unpaired) electrons. The lowest BCUT2D eigenvalue weighted by molar-refractivity contribution is 0.343. The van der Waals surface area contributed by atoms with Crippen molar-refractivity contribution in [3.63, 3.8) is 0 Å². The molecule has 118 valence electrons. The van der Waals surface area contributed by atoms with E-state index in [1.54, 1.807) is 8.61 Å². The first-order chi connectivity index (χ1) is 10.0. The zero-order chi connectivity index (χ0) is 15.3. The molecule has 6 heteroatoms. The highest BCUT2D eigenvalue weighted by Crippen LogP contribution is 2.18. The van der Waals surface area contributed by atoms with Crippen LogP contribution in [-0.4, -0.2) is 36.7 Å². The summed E-state index contributed by atoms with van der Waals surface area (Å²) in [5.41, 5.74) is 7.32. The van der Waals surface area contributed by atoms with Gasteiger partial charge in [-0.3, -0.25) is 0 Å². The van der Waals surface area contributed by atoms with E-state index in [1.807, 2.05) is 31.2 Å². The van der Waals surface area contributed by atoms with Crippen LogP contribution in [0.15, 0.2) is 24.3 Å². The number of hydrogen-bond donors (Lipinski definition) is 1. The minimum absolute atomic E-state index is 0.398. The normalized spacial score (nSPS) is 17.8. The van der Waals surface area contributed by atoms with Crippen LogP contribution < -0.4 is 5.73 Å². The molecule has 1 aliphatic heterocycles. The molecule has 1 fully saturated rings. The number of nitrogen functional groups attached to an aromatic ring is 1. The van der Waals surface area contributed by atoms with E-state index in [2.05, 4.69) is 0 Å². The van der Waals surface area contributed by atoms with Crippen LogP contribution >= 0.6 is 0 Å². The first-order valence-corrected chi connectivity index (χ1v) is 9.03. The highest BCUT2D eigenvalue weighted by molar-refractivity contribution is 7.86. The van der Waals surface area contributed by atoms with Gasteiger partial charge in [0.15, 0.2) is 0 Å². The Balaban J connectivity index is 2.12. The largest absolute Gasteiger partial charge is 0.399 e. The lowest BCUT2D eigenvalue weighted by atomic mass is 10.2. The van der Waals surface area contributed by atoms with E-state index >= 15 is 0 Å². The molecule has 0 atom stereocenters. The maximum atomic E-state index is 12.8. The van der Waals surface area contributed by atoms with Crippen molar-refractivity contribution in [2.24, 2.45) is 0 Å². The van der Waals surface area contributed by atoms with E-state index in [-0.39, 0.29) is 0 Å². The molecule has 21 heavy (non-hydrogen) atoms. The second-order valence-electron chi connectivity index (χ2n) is 5.49. The van der Waals surface area contributed by atoms with Gasteiger partial charge >= 0.3 is 0 Å². The van der Waals surface area contributed by atoms with E-state index in [4.69, 9.17) is 5.73 Å². The molecule has 1 aromatic carbocycles. The fourth-order valence-corrected chi connectivity index (χ4v) is 4.30. The first kappa shape index (κ1) is 16.3. The summed E-state index contributed by atoms with van der Waals surface area (Å²) in [5.74, 6) is 0. The van der Waals surface area contributed by atoms with Gasteiger partial charge in [0.2, 0.25) is 0 Å². The summed E-state index contributed by atoms with van der Waals surface area (Å²) >= 11 is 0. The predicted molar refractivity (Wildman–Crippen MR) is 85.9 cm³/mol. The molecule has 0 spiro atoms. The van der Waals surface area contributed by atoms with Gasteiger partial charge in [-0.15, -0.1) is 0 Å². The Kier molecular flexibility index (Phi) is 5.61. The maximum Gasteiger partial charge on any atom is 0.282 e. The van der Waals surface area contributed by atoms with Crippen molar-refractivity contribution < 1.29 is 8.42 Å². The molecule has 0 saturated carbocycles. The van der Waals surface area contributed by atoms with Crippen molar-refractivity contribution in [3.05, 3.63) is 29.8 Å². The second kappa shape index (κ2) is 7.24. The van der Waals surface area contributed by atoms with Gasteiger partial charge in [0.1, 0.15) is 0 Å². The van der Waals surface area contributed by atoms with Gasteiger partial charge in [-0.05, 0) is 30.5 Å². The summed E-state index contributed by atoms with van der Waals surface area (Å²) in [6.07, 6.45) is 4.16. The number of benzene rings is 1. The Morgan fingerprint density at radius 1 is 1.10 bits per heavy atom.